The van der Waals surface area contributed by atoms with Crippen molar-refractivity contribution in [3.8, 4) is 0 Å². The molecule has 5 nitrogen and oxygen atoms in total. The molecule has 5 heteroatoms. The fraction of sp³-hybridized carbons (Fsp3) is 0.250. The predicted octanol–water partition coefficient (Wildman–Crippen LogP) is 4.18. The number of nitro groups is 1. The first-order valence-corrected chi connectivity index (χ1v) is 7.01. The summed E-state index contributed by atoms with van der Waals surface area (Å²) in [5, 5.41) is 14.1. The van der Waals surface area contributed by atoms with Crippen LogP contribution in [-0.4, -0.2) is 18.0 Å². The smallest absolute Gasteiger partial charge is 0.292 e. The van der Waals surface area contributed by atoms with Crippen LogP contribution >= 0.6 is 0 Å². The van der Waals surface area contributed by atoms with Crippen LogP contribution in [0.15, 0.2) is 48.5 Å². The minimum atomic E-state index is -0.382. The summed E-state index contributed by atoms with van der Waals surface area (Å²) in [5.74, 6) is 0. The van der Waals surface area contributed by atoms with E-state index in [0.717, 1.165) is 24.5 Å². The molecule has 0 saturated heterocycles. The molecule has 0 aliphatic carbocycles. The van der Waals surface area contributed by atoms with E-state index in [9.17, 15) is 10.1 Å². The molecule has 0 radical (unpaired) electrons. The van der Waals surface area contributed by atoms with Gasteiger partial charge in [0, 0.05) is 30.5 Å². The molecule has 0 heterocycles. The second-order valence-corrected chi connectivity index (χ2v) is 4.62. The zero-order valence-corrected chi connectivity index (χ0v) is 12.2. The summed E-state index contributed by atoms with van der Waals surface area (Å²) in [6.07, 6.45) is 0. The fourth-order valence-corrected chi connectivity index (χ4v) is 2.24. The summed E-state index contributed by atoms with van der Waals surface area (Å²) >= 11 is 0. The van der Waals surface area contributed by atoms with Crippen LogP contribution in [0.1, 0.15) is 13.8 Å². The van der Waals surface area contributed by atoms with Gasteiger partial charge in [-0.15, -0.1) is 0 Å². The Morgan fingerprint density at radius 3 is 2.24 bits per heavy atom. The van der Waals surface area contributed by atoms with Gasteiger partial charge in [0.1, 0.15) is 5.69 Å². The Morgan fingerprint density at radius 2 is 1.67 bits per heavy atom. The molecule has 0 aliphatic heterocycles. The SMILES string of the molecule is CCN(CC)c1ccc(Nc2ccccc2[N+](=O)[O-])cc1. The van der Waals surface area contributed by atoms with Crippen LogP contribution in [-0.2, 0) is 0 Å². The maximum atomic E-state index is 11.0. The number of nitro benzene ring substituents is 1. The Balaban J connectivity index is 2.19. The van der Waals surface area contributed by atoms with Crippen molar-refractivity contribution in [2.75, 3.05) is 23.3 Å². The molecular weight excluding hydrogens is 266 g/mol. The Morgan fingerprint density at radius 1 is 1.05 bits per heavy atom. The molecule has 2 aromatic rings. The van der Waals surface area contributed by atoms with Crippen LogP contribution in [0.2, 0.25) is 0 Å². The van der Waals surface area contributed by atoms with Crippen LogP contribution in [0.5, 0.6) is 0 Å². The molecule has 0 unspecified atom stereocenters. The highest BCUT2D eigenvalue weighted by Crippen LogP contribution is 2.27. The molecule has 21 heavy (non-hydrogen) atoms. The molecule has 0 atom stereocenters. The molecule has 110 valence electrons. The lowest BCUT2D eigenvalue weighted by molar-refractivity contribution is -0.383. The van der Waals surface area contributed by atoms with Crippen LogP contribution < -0.4 is 10.2 Å². The summed E-state index contributed by atoms with van der Waals surface area (Å²) in [4.78, 5) is 12.9. The molecule has 0 fully saturated rings. The van der Waals surface area contributed by atoms with Crippen molar-refractivity contribution in [1.29, 1.82) is 0 Å². The highest BCUT2D eigenvalue weighted by molar-refractivity contribution is 5.70. The van der Waals surface area contributed by atoms with E-state index < -0.39 is 0 Å². The quantitative estimate of drug-likeness (QED) is 0.639. The van der Waals surface area contributed by atoms with E-state index >= 15 is 0 Å². The van der Waals surface area contributed by atoms with E-state index in [-0.39, 0.29) is 10.6 Å². The summed E-state index contributed by atoms with van der Waals surface area (Å²) in [6, 6.07) is 14.5. The topological polar surface area (TPSA) is 58.4 Å². The highest BCUT2D eigenvalue weighted by Gasteiger charge is 2.12. The van der Waals surface area contributed by atoms with Crippen molar-refractivity contribution in [1.82, 2.24) is 0 Å². The van der Waals surface area contributed by atoms with E-state index in [1.54, 1.807) is 18.2 Å². The number of rotatable bonds is 6. The predicted molar refractivity (Wildman–Crippen MR) is 86.4 cm³/mol. The van der Waals surface area contributed by atoms with Crippen LogP contribution in [0.25, 0.3) is 0 Å². The Hall–Kier alpha value is -2.56. The first kappa shape index (κ1) is 14.8. The zero-order chi connectivity index (χ0) is 15.2. The average molecular weight is 285 g/mol. The lowest BCUT2D eigenvalue weighted by Gasteiger charge is -2.21. The number of anilines is 3. The molecule has 2 aromatic carbocycles. The van der Waals surface area contributed by atoms with E-state index in [1.165, 1.54) is 6.07 Å². The monoisotopic (exact) mass is 285 g/mol. The van der Waals surface area contributed by atoms with Gasteiger partial charge < -0.3 is 10.2 Å². The third kappa shape index (κ3) is 3.51. The van der Waals surface area contributed by atoms with E-state index in [0.29, 0.717) is 5.69 Å². The standard InChI is InChI=1S/C16H19N3O2/c1-3-18(4-2)14-11-9-13(10-12-14)17-15-7-5-6-8-16(15)19(20)21/h5-12,17H,3-4H2,1-2H3. The molecule has 0 aliphatic rings. The molecular formula is C16H19N3O2. The minimum Gasteiger partial charge on any atom is -0.372 e. The van der Waals surface area contributed by atoms with Gasteiger partial charge in [0.25, 0.3) is 5.69 Å². The third-order valence-electron chi connectivity index (χ3n) is 3.38. The molecule has 0 saturated carbocycles. The van der Waals surface area contributed by atoms with Gasteiger partial charge in [-0.2, -0.15) is 0 Å². The van der Waals surface area contributed by atoms with Gasteiger partial charge >= 0.3 is 0 Å². The largest absolute Gasteiger partial charge is 0.372 e. The average Bonchev–Trinajstić information content (AvgIpc) is 2.50. The Kier molecular flexibility index (Phi) is 4.77. The summed E-state index contributed by atoms with van der Waals surface area (Å²) in [7, 11) is 0. The van der Waals surface area contributed by atoms with E-state index in [2.05, 4.69) is 24.1 Å². The zero-order valence-electron chi connectivity index (χ0n) is 12.2. The number of hydrogen-bond donors (Lipinski definition) is 1. The fourth-order valence-electron chi connectivity index (χ4n) is 2.24. The maximum absolute atomic E-state index is 11.0. The second kappa shape index (κ2) is 6.74. The molecule has 0 bridgehead atoms. The first-order chi connectivity index (χ1) is 10.2. The van der Waals surface area contributed by atoms with Crippen molar-refractivity contribution in [3.63, 3.8) is 0 Å². The molecule has 2 rings (SSSR count). The van der Waals surface area contributed by atoms with Crippen molar-refractivity contribution in [2.45, 2.75) is 13.8 Å². The number of nitrogens with one attached hydrogen (secondary N) is 1. The number of benzene rings is 2. The van der Waals surface area contributed by atoms with Crippen molar-refractivity contribution in [3.05, 3.63) is 58.6 Å². The first-order valence-electron chi connectivity index (χ1n) is 7.01. The lowest BCUT2D eigenvalue weighted by Crippen LogP contribution is -2.21. The van der Waals surface area contributed by atoms with E-state index in [4.69, 9.17) is 0 Å². The van der Waals surface area contributed by atoms with Crippen LogP contribution in [0.3, 0.4) is 0 Å². The third-order valence-corrected chi connectivity index (χ3v) is 3.38. The van der Waals surface area contributed by atoms with Gasteiger partial charge in [-0.05, 0) is 44.2 Å². The molecule has 0 spiro atoms. The van der Waals surface area contributed by atoms with Gasteiger partial charge in [-0.3, -0.25) is 10.1 Å². The van der Waals surface area contributed by atoms with Gasteiger partial charge in [-0.25, -0.2) is 0 Å². The van der Waals surface area contributed by atoms with Crippen molar-refractivity contribution in [2.24, 2.45) is 0 Å². The summed E-state index contributed by atoms with van der Waals surface area (Å²) in [5.41, 5.74) is 2.55. The van der Waals surface area contributed by atoms with Gasteiger partial charge in [-0.1, -0.05) is 12.1 Å². The summed E-state index contributed by atoms with van der Waals surface area (Å²) < 4.78 is 0. The Bertz CT molecular complexity index is 607. The highest BCUT2D eigenvalue weighted by atomic mass is 16.6. The maximum Gasteiger partial charge on any atom is 0.292 e. The molecule has 1 N–H and O–H groups in total. The Labute approximate surface area is 124 Å². The van der Waals surface area contributed by atoms with Gasteiger partial charge in [0.05, 0.1) is 4.92 Å². The van der Waals surface area contributed by atoms with Gasteiger partial charge in [0.2, 0.25) is 0 Å². The minimum absolute atomic E-state index is 0.0744. The molecule has 0 aromatic heterocycles. The van der Waals surface area contributed by atoms with Crippen molar-refractivity contribution >= 4 is 22.7 Å². The normalized spacial score (nSPS) is 10.2. The van der Waals surface area contributed by atoms with Crippen LogP contribution in [0, 0.1) is 10.1 Å². The second-order valence-electron chi connectivity index (χ2n) is 4.62. The number of hydrogen-bond acceptors (Lipinski definition) is 4. The van der Waals surface area contributed by atoms with Crippen LogP contribution in [0.4, 0.5) is 22.7 Å². The number of nitrogens with zero attached hydrogens (tertiary/aromatic N) is 2. The van der Waals surface area contributed by atoms with Crippen molar-refractivity contribution < 1.29 is 4.92 Å². The molecule has 0 amide bonds. The summed E-state index contributed by atoms with van der Waals surface area (Å²) in [6.45, 7) is 6.13. The lowest BCUT2D eigenvalue weighted by atomic mass is 10.2. The van der Waals surface area contributed by atoms with E-state index in [1.807, 2.05) is 24.3 Å². The number of para-hydroxylation sites is 2. The van der Waals surface area contributed by atoms with Gasteiger partial charge in [0.15, 0.2) is 0 Å².